The van der Waals surface area contributed by atoms with Gasteiger partial charge in [0.2, 0.25) is 0 Å². The van der Waals surface area contributed by atoms with Crippen LogP contribution in [0, 0.1) is 0 Å². The molecule has 6 rings (SSSR count). The molecule has 2 heterocycles. The molecule has 1 atom stereocenters. The van der Waals surface area contributed by atoms with Gasteiger partial charge >= 0.3 is 0 Å². The summed E-state index contributed by atoms with van der Waals surface area (Å²) in [5.74, 6) is -0.737. The second kappa shape index (κ2) is 5.30. The minimum absolute atomic E-state index is 0.0857. The van der Waals surface area contributed by atoms with Crippen molar-refractivity contribution in [2.75, 3.05) is 13.7 Å². The van der Waals surface area contributed by atoms with E-state index in [1.165, 1.54) is 0 Å². The van der Waals surface area contributed by atoms with Gasteiger partial charge in [0.1, 0.15) is 0 Å². The summed E-state index contributed by atoms with van der Waals surface area (Å²) < 4.78 is 5.51. The number of aromatic nitrogens is 1. The number of carbonyl (C=O) groups is 2. The van der Waals surface area contributed by atoms with Crippen molar-refractivity contribution in [2.45, 2.75) is 5.92 Å². The molecule has 5 heteroatoms. The number of rotatable bonds is 2. The van der Waals surface area contributed by atoms with E-state index in [4.69, 9.17) is 4.74 Å². The maximum absolute atomic E-state index is 12.9. The maximum atomic E-state index is 12.9. The van der Waals surface area contributed by atoms with Gasteiger partial charge in [-0.2, -0.15) is 0 Å². The molecule has 0 saturated heterocycles. The average molecular weight is 368 g/mol. The predicted molar refractivity (Wildman–Crippen MR) is 107 cm³/mol. The molecule has 0 fully saturated rings. The molecule has 4 aromatic rings. The van der Waals surface area contributed by atoms with Crippen LogP contribution in [0.5, 0.6) is 0 Å². The average Bonchev–Trinajstić information content (AvgIpc) is 3.32. The number of nitrogens with one attached hydrogen (secondary N) is 2. The van der Waals surface area contributed by atoms with Crippen molar-refractivity contribution < 1.29 is 14.3 Å². The number of para-hydroxylation sites is 1. The third kappa shape index (κ3) is 1.74. The van der Waals surface area contributed by atoms with Crippen molar-refractivity contribution in [1.82, 2.24) is 10.3 Å². The van der Waals surface area contributed by atoms with E-state index in [1.54, 1.807) is 7.11 Å². The van der Waals surface area contributed by atoms with Gasteiger partial charge in [-0.1, -0.05) is 42.5 Å². The van der Waals surface area contributed by atoms with Gasteiger partial charge in [0.05, 0.1) is 23.3 Å². The molecule has 2 aliphatic rings. The normalized spacial score (nSPS) is 17.1. The molecule has 0 radical (unpaired) electrons. The largest absolute Gasteiger partial charge is 0.384 e. The van der Waals surface area contributed by atoms with E-state index in [9.17, 15) is 9.59 Å². The fourth-order valence-electron chi connectivity index (χ4n) is 4.95. The van der Waals surface area contributed by atoms with Gasteiger partial charge in [-0.05, 0) is 22.8 Å². The number of hydrogen-bond donors (Lipinski definition) is 2. The highest BCUT2D eigenvalue weighted by Gasteiger charge is 2.42. The summed E-state index contributed by atoms with van der Waals surface area (Å²) in [4.78, 5) is 29.2. The van der Waals surface area contributed by atoms with E-state index in [0.29, 0.717) is 17.7 Å². The van der Waals surface area contributed by atoms with Gasteiger partial charge in [0.15, 0.2) is 0 Å². The number of fused-ring (bicyclic) bond motifs is 10. The van der Waals surface area contributed by atoms with Crippen LogP contribution in [0.15, 0.2) is 48.5 Å². The molecule has 0 spiro atoms. The molecule has 1 aliphatic heterocycles. The lowest BCUT2D eigenvalue weighted by Crippen LogP contribution is -2.20. The first-order chi connectivity index (χ1) is 13.7. The molecule has 3 aromatic carbocycles. The summed E-state index contributed by atoms with van der Waals surface area (Å²) in [6.07, 6.45) is 0. The van der Waals surface area contributed by atoms with E-state index >= 15 is 0 Å². The maximum Gasteiger partial charge on any atom is 0.259 e. The Labute approximate surface area is 160 Å². The van der Waals surface area contributed by atoms with Crippen molar-refractivity contribution in [1.29, 1.82) is 0 Å². The van der Waals surface area contributed by atoms with E-state index in [-0.39, 0.29) is 17.7 Å². The first-order valence-corrected chi connectivity index (χ1v) is 9.25. The molecule has 0 saturated carbocycles. The van der Waals surface area contributed by atoms with Crippen LogP contribution in [0.4, 0.5) is 0 Å². The van der Waals surface area contributed by atoms with Crippen LogP contribution in [0.25, 0.3) is 32.9 Å². The first kappa shape index (κ1) is 15.6. The summed E-state index contributed by atoms with van der Waals surface area (Å²) in [5.41, 5.74) is 6.94. The first-order valence-electron chi connectivity index (χ1n) is 9.25. The molecule has 2 amide bonds. The zero-order valence-corrected chi connectivity index (χ0v) is 15.1. The number of benzene rings is 3. The van der Waals surface area contributed by atoms with Crippen LogP contribution in [0.2, 0.25) is 0 Å². The Balaban J connectivity index is 1.89. The Kier molecular flexibility index (Phi) is 2.95. The van der Waals surface area contributed by atoms with Crippen molar-refractivity contribution in [3.05, 3.63) is 70.8 Å². The van der Waals surface area contributed by atoms with Crippen molar-refractivity contribution in [2.24, 2.45) is 0 Å². The standard InChI is InChI=1S/C23H16N2O3/c1-28-10-14-11-6-2-3-7-12(11)17-16(14)19-20(23(27)25-22(19)26)18-13-8-4-5-9-15(13)24-21(17)18/h2-9,14,24H,10H2,1H3,(H,25,26,27). The monoisotopic (exact) mass is 368 g/mol. The predicted octanol–water partition coefficient (Wildman–Crippen LogP) is 3.96. The fourth-order valence-corrected chi connectivity index (χ4v) is 4.95. The minimum atomic E-state index is -0.329. The Morgan fingerprint density at radius 3 is 2.54 bits per heavy atom. The highest BCUT2D eigenvalue weighted by Crippen LogP contribution is 2.52. The molecule has 0 bridgehead atoms. The second-order valence-electron chi connectivity index (χ2n) is 7.34. The lowest BCUT2D eigenvalue weighted by molar-refractivity contribution is 0.0879. The van der Waals surface area contributed by atoms with Crippen LogP contribution in [-0.2, 0) is 4.74 Å². The highest BCUT2D eigenvalue weighted by molar-refractivity contribution is 6.33. The minimum Gasteiger partial charge on any atom is -0.384 e. The Hall–Kier alpha value is -3.44. The molecule has 1 unspecified atom stereocenters. The van der Waals surface area contributed by atoms with Crippen LogP contribution in [0.1, 0.15) is 37.8 Å². The number of imide groups is 1. The SMILES string of the molecule is COCC1c2ccccc2-c2c1c1c(c3c2[nH]c2ccccc23)C(=O)NC1=O. The Morgan fingerprint density at radius 1 is 0.929 bits per heavy atom. The number of carbonyl (C=O) groups excluding carboxylic acids is 2. The lowest BCUT2D eigenvalue weighted by atomic mass is 9.88. The van der Waals surface area contributed by atoms with Crippen LogP contribution < -0.4 is 5.32 Å². The van der Waals surface area contributed by atoms with Gasteiger partial charge in [-0.25, -0.2) is 0 Å². The van der Waals surface area contributed by atoms with Gasteiger partial charge < -0.3 is 9.72 Å². The number of hydrogen-bond acceptors (Lipinski definition) is 3. The van der Waals surface area contributed by atoms with Crippen molar-refractivity contribution in [3.8, 4) is 11.1 Å². The number of aromatic amines is 1. The fraction of sp³-hybridized carbons (Fsp3) is 0.130. The van der Waals surface area contributed by atoms with E-state index in [0.717, 1.165) is 44.1 Å². The summed E-state index contributed by atoms with van der Waals surface area (Å²) in [6, 6.07) is 16.1. The van der Waals surface area contributed by atoms with Crippen molar-refractivity contribution in [3.63, 3.8) is 0 Å². The second-order valence-corrected chi connectivity index (χ2v) is 7.34. The zero-order chi connectivity index (χ0) is 19.0. The molecule has 1 aromatic heterocycles. The molecule has 1 aliphatic carbocycles. The summed E-state index contributed by atoms with van der Waals surface area (Å²) in [6.45, 7) is 0.448. The van der Waals surface area contributed by atoms with E-state index in [1.807, 2.05) is 36.4 Å². The third-order valence-electron chi connectivity index (χ3n) is 5.96. The smallest absolute Gasteiger partial charge is 0.259 e. The number of methoxy groups -OCH3 is 1. The van der Waals surface area contributed by atoms with Crippen LogP contribution >= 0.6 is 0 Å². The van der Waals surface area contributed by atoms with E-state index in [2.05, 4.69) is 22.4 Å². The Bertz CT molecular complexity index is 1350. The zero-order valence-electron chi connectivity index (χ0n) is 15.1. The van der Waals surface area contributed by atoms with Crippen LogP contribution in [-0.4, -0.2) is 30.5 Å². The quantitative estimate of drug-likeness (QED) is 0.526. The summed E-state index contributed by atoms with van der Waals surface area (Å²) in [5, 5.41) is 4.29. The molecule has 28 heavy (non-hydrogen) atoms. The van der Waals surface area contributed by atoms with Gasteiger partial charge in [0.25, 0.3) is 11.8 Å². The number of amides is 2. The highest BCUT2D eigenvalue weighted by atomic mass is 16.5. The summed E-state index contributed by atoms with van der Waals surface area (Å²) >= 11 is 0. The van der Waals surface area contributed by atoms with E-state index < -0.39 is 0 Å². The number of H-pyrrole nitrogens is 1. The molecule has 2 N–H and O–H groups in total. The van der Waals surface area contributed by atoms with Gasteiger partial charge in [0, 0.05) is 34.9 Å². The van der Waals surface area contributed by atoms with Crippen LogP contribution in [0.3, 0.4) is 0 Å². The number of ether oxygens (including phenoxy) is 1. The third-order valence-corrected chi connectivity index (χ3v) is 5.96. The van der Waals surface area contributed by atoms with Crippen molar-refractivity contribution >= 4 is 33.6 Å². The molecular formula is C23H16N2O3. The van der Waals surface area contributed by atoms with Gasteiger partial charge in [-0.15, -0.1) is 0 Å². The molecule has 5 nitrogen and oxygen atoms in total. The lowest BCUT2D eigenvalue weighted by Gasteiger charge is -2.15. The summed E-state index contributed by atoms with van der Waals surface area (Å²) in [7, 11) is 1.66. The molecule has 136 valence electrons. The molecular weight excluding hydrogens is 352 g/mol. The van der Waals surface area contributed by atoms with Gasteiger partial charge in [-0.3, -0.25) is 14.9 Å². The Morgan fingerprint density at radius 2 is 1.68 bits per heavy atom. The topological polar surface area (TPSA) is 71.2 Å².